The molecule has 0 spiro atoms. The van der Waals surface area contributed by atoms with Crippen LogP contribution in [-0.4, -0.2) is 34.3 Å². The van der Waals surface area contributed by atoms with Gasteiger partial charge in [0.1, 0.15) is 5.60 Å². The summed E-state index contributed by atoms with van der Waals surface area (Å²) in [6.07, 6.45) is 1.36. The van der Waals surface area contributed by atoms with Crippen LogP contribution in [0.15, 0.2) is 158 Å². The second-order valence-electron chi connectivity index (χ2n) is 13.6. The Morgan fingerprint density at radius 1 is 0.640 bits per heavy atom. The van der Waals surface area contributed by atoms with Crippen LogP contribution in [0.4, 0.5) is 4.79 Å². The van der Waals surface area contributed by atoms with Gasteiger partial charge >= 0.3 is 6.09 Å². The Labute approximate surface area is 293 Å². The highest BCUT2D eigenvalue weighted by Gasteiger charge is 2.50. The summed E-state index contributed by atoms with van der Waals surface area (Å²) >= 11 is 0. The molecule has 6 aromatic carbocycles. The maximum Gasteiger partial charge on any atom is 0.407 e. The summed E-state index contributed by atoms with van der Waals surface area (Å²) in [5.41, 5.74) is 5.76. The lowest BCUT2D eigenvalue weighted by atomic mass is 9.80. The van der Waals surface area contributed by atoms with Crippen LogP contribution in [0.25, 0.3) is 10.8 Å². The molecule has 8 rings (SSSR count). The molecule has 6 aromatic rings. The molecule has 4 unspecified atom stereocenters. The third-order valence-corrected chi connectivity index (χ3v) is 10.7. The maximum absolute atomic E-state index is 12.4. The third-order valence-electron chi connectivity index (χ3n) is 10.7. The van der Waals surface area contributed by atoms with Gasteiger partial charge in [-0.25, -0.2) is 4.79 Å². The number of hydrogen-bond donors (Lipinski definition) is 1. The first kappa shape index (κ1) is 32.0. The second kappa shape index (κ2) is 13.9. The lowest BCUT2D eigenvalue weighted by molar-refractivity contribution is -0.0534. The summed E-state index contributed by atoms with van der Waals surface area (Å²) in [5.74, 6) is 0.0931. The normalized spacial score (nSPS) is 20.2. The van der Waals surface area contributed by atoms with E-state index >= 15 is 0 Å². The third kappa shape index (κ3) is 6.08. The molecular formula is C45H41NO4. The van der Waals surface area contributed by atoms with Gasteiger partial charge in [0.05, 0.1) is 25.4 Å². The number of carboxylic acid groups (broad SMARTS) is 1. The summed E-state index contributed by atoms with van der Waals surface area (Å²) in [7, 11) is 0. The number of ether oxygens (including phenoxy) is 2. The topological polar surface area (TPSA) is 59.0 Å². The van der Waals surface area contributed by atoms with Gasteiger partial charge in [0.25, 0.3) is 0 Å². The maximum atomic E-state index is 12.4. The van der Waals surface area contributed by atoms with Gasteiger partial charge in [-0.05, 0) is 69.5 Å². The highest BCUT2D eigenvalue weighted by Crippen LogP contribution is 2.46. The molecule has 0 radical (unpaired) electrons. The van der Waals surface area contributed by atoms with Crippen molar-refractivity contribution in [3.05, 3.63) is 191 Å². The smallest absolute Gasteiger partial charge is 0.407 e. The molecule has 2 heterocycles. The van der Waals surface area contributed by atoms with Crippen LogP contribution in [0.1, 0.15) is 58.6 Å². The van der Waals surface area contributed by atoms with E-state index in [0.717, 1.165) is 47.1 Å². The van der Waals surface area contributed by atoms with Crippen LogP contribution in [-0.2, 0) is 28.3 Å². The van der Waals surface area contributed by atoms with E-state index in [9.17, 15) is 9.90 Å². The van der Waals surface area contributed by atoms with Crippen molar-refractivity contribution in [3.63, 3.8) is 0 Å². The first-order valence-corrected chi connectivity index (χ1v) is 17.6. The number of piperidine rings is 1. The summed E-state index contributed by atoms with van der Waals surface area (Å²) in [6, 6.07) is 54.6. The van der Waals surface area contributed by atoms with Crippen LogP contribution < -0.4 is 0 Å². The molecule has 2 saturated heterocycles. The van der Waals surface area contributed by atoms with Crippen molar-refractivity contribution < 1.29 is 19.4 Å². The molecule has 2 aliphatic rings. The average Bonchev–Trinajstić information content (AvgIpc) is 3.51. The van der Waals surface area contributed by atoms with Gasteiger partial charge in [-0.15, -0.1) is 0 Å². The summed E-state index contributed by atoms with van der Waals surface area (Å²) in [6.45, 7) is 0.844. The van der Waals surface area contributed by atoms with Crippen molar-refractivity contribution >= 4 is 16.9 Å². The van der Waals surface area contributed by atoms with Crippen LogP contribution >= 0.6 is 0 Å². The van der Waals surface area contributed by atoms with Crippen LogP contribution in [0.3, 0.4) is 0 Å². The standard InChI is InChI=1S/C45H41NO4/c47-44(48)46-40-26-27-42(46)43(49-30-33-22-23-34-12-10-11-13-36(34)28-33)41(29-40)35-24-20-32(21-25-35)31-50-45(37-14-4-1-5-15-37,38-16-6-2-7-17-38)39-18-8-3-9-19-39/h1-25,28,40-43H,26-27,29-31H2,(H,47,48). The Morgan fingerprint density at radius 2 is 1.20 bits per heavy atom. The molecule has 5 nitrogen and oxygen atoms in total. The predicted octanol–water partition coefficient (Wildman–Crippen LogP) is 9.93. The number of hydrogen-bond acceptors (Lipinski definition) is 3. The largest absolute Gasteiger partial charge is 0.465 e. The summed E-state index contributed by atoms with van der Waals surface area (Å²) in [4.78, 5) is 14.1. The molecule has 2 fully saturated rings. The first-order valence-electron chi connectivity index (χ1n) is 17.6. The van der Waals surface area contributed by atoms with Crippen molar-refractivity contribution in [1.82, 2.24) is 4.90 Å². The highest BCUT2D eigenvalue weighted by molar-refractivity contribution is 5.83. The lowest BCUT2D eigenvalue weighted by Crippen LogP contribution is -2.53. The van der Waals surface area contributed by atoms with E-state index < -0.39 is 11.7 Å². The Hall–Kier alpha value is -5.23. The summed E-state index contributed by atoms with van der Waals surface area (Å²) < 4.78 is 13.8. The Bertz CT molecular complexity index is 1950. The SMILES string of the molecule is O=C(O)N1C2CCC1C(OCc1ccc3ccccc3c1)C(c1ccc(COC(c3ccccc3)(c3ccccc3)c3ccccc3)cc1)C2. The number of rotatable bonds is 10. The van der Waals surface area contributed by atoms with Gasteiger partial charge in [0, 0.05) is 12.0 Å². The quantitative estimate of drug-likeness (QED) is 0.149. The number of nitrogens with zero attached hydrogens (tertiary/aromatic N) is 1. The Morgan fingerprint density at radius 3 is 1.80 bits per heavy atom. The fraction of sp³-hybridized carbons (Fsp3) is 0.222. The zero-order valence-corrected chi connectivity index (χ0v) is 28.0. The van der Waals surface area contributed by atoms with E-state index in [2.05, 4.69) is 127 Å². The molecule has 250 valence electrons. The zero-order valence-electron chi connectivity index (χ0n) is 28.0. The van der Waals surface area contributed by atoms with Crippen LogP contribution in [0.2, 0.25) is 0 Å². The molecule has 4 atom stereocenters. The molecule has 1 N–H and O–H groups in total. The van der Waals surface area contributed by atoms with Crippen LogP contribution in [0, 0.1) is 0 Å². The number of amides is 1. The molecule has 0 saturated carbocycles. The fourth-order valence-corrected chi connectivity index (χ4v) is 8.35. The van der Waals surface area contributed by atoms with E-state index in [-0.39, 0.29) is 24.1 Å². The summed E-state index contributed by atoms with van der Waals surface area (Å²) in [5, 5.41) is 12.5. The second-order valence-corrected chi connectivity index (χ2v) is 13.6. The Balaban J connectivity index is 1.07. The van der Waals surface area contributed by atoms with Crippen molar-refractivity contribution in [2.45, 2.75) is 62.2 Å². The van der Waals surface area contributed by atoms with E-state index in [1.54, 1.807) is 4.90 Å². The molecule has 50 heavy (non-hydrogen) atoms. The van der Waals surface area contributed by atoms with Crippen molar-refractivity contribution in [2.24, 2.45) is 0 Å². The van der Waals surface area contributed by atoms with E-state index in [4.69, 9.17) is 9.47 Å². The minimum atomic E-state index is -0.846. The minimum Gasteiger partial charge on any atom is -0.465 e. The molecular weight excluding hydrogens is 618 g/mol. The number of benzene rings is 6. The van der Waals surface area contributed by atoms with E-state index in [1.165, 1.54) is 16.3 Å². The van der Waals surface area contributed by atoms with E-state index in [1.807, 2.05) is 30.3 Å². The Kier molecular flexibility index (Phi) is 8.93. The monoisotopic (exact) mass is 659 g/mol. The molecule has 5 heteroatoms. The zero-order chi connectivity index (χ0) is 33.9. The van der Waals surface area contributed by atoms with Gasteiger partial charge < -0.3 is 14.6 Å². The van der Waals surface area contributed by atoms with Gasteiger partial charge in [-0.1, -0.05) is 152 Å². The predicted molar refractivity (Wildman–Crippen MR) is 197 cm³/mol. The van der Waals surface area contributed by atoms with E-state index in [0.29, 0.717) is 13.2 Å². The molecule has 0 aliphatic carbocycles. The highest BCUT2D eigenvalue weighted by atomic mass is 16.5. The number of fused-ring (bicyclic) bond motifs is 3. The van der Waals surface area contributed by atoms with Crippen LogP contribution in [0.5, 0.6) is 0 Å². The van der Waals surface area contributed by atoms with Gasteiger partial charge in [0.15, 0.2) is 0 Å². The van der Waals surface area contributed by atoms with Crippen molar-refractivity contribution in [1.29, 1.82) is 0 Å². The first-order chi connectivity index (χ1) is 24.6. The minimum absolute atomic E-state index is 0.00858. The van der Waals surface area contributed by atoms with Gasteiger partial charge in [-0.2, -0.15) is 0 Å². The van der Waals surface area contributed by atoms with Gasteiger partial charge in [-0.3, -0.25) is 4.90 Å². The average molecular weight is 660 g/mol. The molecule has 2 bridgehead atoms. The lowest BCUT2D eigenvalue weighted by Gasteiger charge is -2.43. The van der Waals surface area contributed by atoms with Gasteiger partial charge in [0.2, 0.25) is 0 Å². The number of carbonyl (C=O) groups is 1. The molecule has 0 aromatic heterocycles. The fourth-order valence-electron chi connectivity index (χ4n) is 8.35. The van der Waals surface area contributed by atoms with Crippen molar-refractivity contribution in [2.75, 3.05) is 0 Å². The van der Waals surface area contributed by atoms with Crippen molar-refractivity contribution in [3.8, 4) is 0 Å². The molecule has 1 amide bonds. The molecule has 2 aliphatic heterocycles.